The summed E-state index contributed by atoms with van der Waals surface area (Å²) < 4.78 is 0. The average Bonchev–Trinajstić information content (AvgIpc) is 3.56. The summed E-state index contributed by atoms with van der Waals surface area (Å²) in [6.45, 7) is 1.86. The van der Waals surface area contributed by atoms with Gasteiger partial charge in [0.1, 0.15) is 5.82 Å². The molecular weight excluding hydrogens is 478 g/mol. The molecule has 2 aliphatic carbocycles. The Labute approximate surface area is 223 Å². The van der Waals surface area contributed by atoms with Crippen molar-refractivity contribution >= 4 is 29.1 Å². The molecule has 3 atom stereocenters. The van der Waals surface area contributed by atoms with Crippen molar-refractivity contribution in [3.8, 4) is 0 Å². The summed E-state index contributed by atoms with van der Waals surface area (Å²) in [6, 6.07) is 8.47. The largest absolute Gasteiger partial charge is 0.382 e. The summed E-state index contributed by atoms with van der Waals surface area (Å²) in [6.07, 6.45) is 12.0. The van der Waals surface area contributed by atoms with Gasteiger partial charge in [-0.05, 0) is 88.1 Å². The number of hydrogen-bond donors (Lipinski definition) is 3. The Balaban J connectivity index is 1.14. The first-order valence-corrected chi connectivity index (χ1v) is 14.2. The first-order valence-electron chi connectivity index (χ1n) is 14.2. The molecule has 6 rings (SSSR count). The van der Waals surface area contributed by atoms with E-state index >= 15 is 0 Å². The number of ketones is 1. The number of nitrogens with two attached hydrogens (primary N) is 1. The van der Waals surface area contributed by atoms with Gasteiger partial charge in [0.05, 0.1) is 5.56 Å². The Kier molecular flexibility index (Phi) is 6.58. The average molecular weight is 516 g/mol. The Hall–Kier alpha value is -3.42. The summed E-state index contributed by atoms with van der Waals surface area (Å²) in [5.41, 5.74) is 8.81. The summed E-state index contributed by atoms with van der Waals surface area (Å²) in [4.78, 5) is 45.0. The molecular formula is C30H37N5O3. The van der Waals surface area contributed by atoms with Crippen LogP contribution in [0.3, 0.4) is 0 Å². The minimum Gasteiger partial charge on any atom is -0.382 e. The topological polar surface area (TPSA) is 117 Å². The number of pyridine rings is 1. The van der Waals surface area contributed by atoms with E-state index in [9.17, 15) is 14.4 Å². The zero-order chi connectivity index (χ0) is 26.4. The van der Waals surface area contributed by atoms with Crippen LogP contribution in [0.5, 0.6) is 0 Å². The van der Waals surface area contributed by atoms with Crippen molar-refractivity contribution in [3.05, 3.63) is 52.7 Å². The van der Waals surface area contributed by atoms with Gasteiger partial charge >= 0.3 is 0 Å². The number of nitrogens with zero attached hydrogens (tertiary/aromatic N) is 2. The van der Waals surface area contributed by atoms with Gasteiger partial charge < -0.3 is 21.3 Å². The fourth-order valence-electron chi connectivity index (χ4n) is 6.76. The molecule has 3 heterocycles. The SMILES string of the molecule is Cc1cc(C(N)=O)c(NC2CCCC2)cc1C(=O)NC1C[C@H]2CC[C@@H](C1)N2c1ccc(C(=O)C2CC2)cn1. The van der Waals surface area contributed by atoms with Crippen LogP contribution in [0.4, 0.5) is 11.5 Å². The number of Topliss-reactive ketones (excluding diaryl/α,β-unsaturated/α-hetero) is 1. The van der Waals surface area contributed by atoms with E-state index in [-0.39, 0.29) is 23.7 Å². The monoisotopic (exact) mass is 515 g/mol. The van der Waals surface area contributed by atoms with Gasteiger partial charge in [0.15, 0.2) is 5.78 Å². The Bertz CT molecular complexity index is 1240. The standard InChI is InChI=1S/C30H37N5O3/c1-17-12-25(29(31)37)26(33-20-4-2-3-5-20)15-24(17)30(38)34-21-13-22-9-10-23(14-21)35(22)27-11-8-19(16-32-27)28(36)18-6-7-18/h8,11-12,15-16,18,20-23,33H,2-7,9-10,13-14H2,1H3,(H2,31,37)(H,34,38)/t21?,22-,23+. The molecule has 4 aliphatic rings. The molecule has 4 N–H and O–H groups in total. The number of carbonyl (C=O) groups is 3. The number of fused-ring (bicyclic) bond motifs is 2. The highest BCUT2D eigenvalue weighted by Gasteiger charge is 2.42. The van der Waals surface area contributed by atoms with Gasteiger partial charge in [0.2, 0.25) is 0 Å². The number of aryl methyl sites for hydroxylation is 1. The maximum Gasteiger partial charge on any atom is 0.251 e. The number of piperidine rings is 1. The molecule has 2 saturated heterocycles. The van der Waals surface area contributed by atoms with Gasteiger partial charge in [-0.3, -0.25) is 14.4 Å². The van der Waals surface area contributed by atoms with Crippen LogP contribution in [0.15, 0.2) is 30.5 Å². The molecule has 1 aromatic carbocycles. The van der Waals surface area contributed by atoms with E-state index in [2.05, 4.69) is 20.5 Å². The smallest absolute Gasteiger partial charge is 0.251 e. The lowest BCUT2D eigenvalue weighted by molar-refractivity contribution is 0.0923. The number of aromatic nitrogens is 1. The van der Waals surface area contributed by atoms with Crippen LogP contribution in [0, 0.1) is 12.8 Å². The number of anilines is 2. The molecule has 2 aliphatic heterocycles. The molecule has 0 spiro atoms. The van der Waals surface area contributed by atoms with Crippen molar-refractivity contribution in [1.29, 1.82) is 0 Å². The van der Waals surface area contributed by atoms with Crippen LogP contribution < -0.4 is 21.3 Å². The second kappa shape index (κ2) is 10.0. The van der Waals surface area contributed by atoms with Crippen LogP contribution in [-0.4, -0.2) is 46.7 Å². The second-order valence-electron chi connectivity index (χ2n) is 11.7. The van der Waals surface area contributed by atoms with Crippen LogP contribution in [0.25, 0.3) is 0 Å². The van der Waals surface area contributed by atoms with Crippen molar-refractivity contribution in [2.24, 2.45) is 11.7 Å². The number of carbonyl (C=O) groups excluding carboxylic acids is 3. The van der Waals surface area contributed by atoms with Gasteiger partial charge in [-0.2, -0.15) is 0 Å². The van der Waals surface area contributed by atoms with E-state index in [1.807, 2.05) is 19.1 Å². The third-order valence-corrected chi connectivity index (χ3v) is 8.90. The van der Waals surface area contributed by atoms with Crippen molar-refractivity contribution in [3.63, 3.8) is 0 Å². The van der Waals surface area contributed by atoms with Crippen LogP contribution in [0.2, 0.25) is 0 Å². The first-order chi connectivity index (χ1) is 18.4. The highest BCUT2D eigenvalue weighted by molar-refractivity contribution is 6.03. The normalized spacial score (nSPS) is 24.9. The van der Waals surface area contributed by atoms with E-state index in [0.29, 0.717) is 40.5 Å². The fraction of sp³-hybridized carbons (Fsp3) is 0.533. The molecule has 2 bridgehead atoms. The van der Waals surface area contributed by atoms with Crippen LogP contribution >= 0.6 is 0 Å². The Morgan fingerprint density at radius 2 is 1.63 bits per heavy atom. The molecule has 4 fully saturated rings. The predicted molar refractivity (Wildman–Crippen MR) is 147 cm³/mol. The zero-order valence-corrected chi connectivity index (χ0v) is 22.0. The molecule has 2 saturated carbocycles. The maximum absolute atomic E-state index is 13.4. The molecule has 0 radical (unpaired) electrons. The summed E-state index contributed by atoms with van der Waals surface area (Å²) in [5.74, 6) is 0.752. The minimum atomic E-state index is -0.483. The van der Waals surface area contributed by atoms with Crippen molar-refractivity contribution in [2.45, 2.75) is 95.3 Å². The third-order valence-electron chi connectivity index (χ3n) is 8.90. The van der Waals surface area contributed by atoms with E-state index in [4.69, 9.17) is 5.73 Å². The Morgan fingerprint density at radius 3 is 2.24 bits per heavy atom. The number of benzene rings is 1. The zero-order valence-electron chi connectivity index (χ0n) is 22.0. The third kappa shape index (κ3) is 4.88. The van der Waals surface area contributed by atoms with Crippen LogP contribution in [0.1, 0.15) is 101 Å². The molecule has 38 heavy (non-hydrogen) atoms. The number of rotatable bonds is 8. The van der Waals surface area contributed by atoms with E-state index in [1.165, 1.54) is 12.8 Å². The summed E-state index contributed by atoms with van der Waals surface area (Å²) in [7, 11) is 0. The van der Waals surface area contributed by atoms with Crippen LogP contribution in [-0.2, 0) is 0 Å². The van der Waals surface area contributed by atoms with Gasteiger partial charge in [-0.1, -0.05) is 12.8 Å². The summed E-state index contributed by atoms with van der Waals surface area (Å²) >= 11 is 0. The Morgan fingerprint density at radius 1 is 0.921 bits per heavy atom. The van der Waals surface area contributed by atoms with Crippen molar-refractivity contribution < 1.29 is 14.4 Å². The lowest BCUT2D eigenvalue weighted by atomic mass is 9.95. The molecule has 8 nitrogen and oxygen atoms in total. The highest BCUT2D eigenvalue weighted by atomic mass is 16.2. The molecule has 2 aromatic rings. The molecule has 200 valence electrons. The molecule has 1 unspecified atom stereocenters. The number of hydrogen-bond acceptors (Lipinski definition) is 6. The first kappa shape index (κ1) is 24.9. The molecule has 1 aromatic heterocycles. The lowest BCUT2D eigenvalue weighted by Crippen LogP contribution is -2.50. The van der Waals surface area contributed by atoms with E-state index in [1.54, 1.807) is 18.3 Å². The van der Waals surface area contributed by atoms with Gasteiger partial charge in [0.25, 0.3) is 11.8 Å². The maximum atomic E-state index is 13.4. The lowest BCUT2D eigenvalue weighted by Gasteiger charge is -2.40. The predicted octanol–water partition coefficient (Wildman–Crippen LogP) is 4.37. The van der Waals surface area contributed by atoms with E-state index in [0.717, 1.165) is 62.7 Å². The number of primary amides is 1. The quantitative estimate of drug-likeness (QED) is 0.450. The van der Waals surface area contributed by atoms with E-state index < -0.39 is 5.91 Å². The molecule has 2 amide bonds. The number of nitrogens with one attached hydrogen (secondary N) is 2. The number of amides is 2. The van der Waals surface area contributed by atoms with Crippen molar-refractivity contribution in [1.82, 2.24) is 10.3 Å². The summed E-state index contributed by atoms with van der Waals surface area (Å²) in [5, 5.41) is 6.76. The van der Waals surface area contributed by atoms with Gasteiger partial charge in [-0.15, -0.1) is 0 Å². The molecule has 8 heteroatoms. The van der Waals surface area contributed by atoms with Crippen molar-refractivity contribution in [2.75, 3.05) is 10.2 Å². The second-order valence-corrected chi connectivity index (χ2v) is 11.7. The van der Waals surface area contributed by atoms with Gasteiger partial charge in [-0.25, -0.2) is 4.98 Å². The fourth-order valence-corrected chi connectivity index (χ4v) is 6.76. The highest BCUT2D eigenvalue weighted by Crippen LogP contribution is 2.39. The minimum absolute atomic E-state index is 0.0772. The van der Waals surface area contributed by atoms with Gasteiger partial charge in [0, 0.05) is 53.1 Å².